The molecule has 0 bridgehead atoms. The summed E-state index contributed by atoms with van der Waals surface area (Å²) >= 11 is 3.44. The van der Waals surface area contributed by atoms with E-state index in [-0.39, 0.29) is 6.04 Å². The second kappa shape index (κ2) is 5.08. The highest BCUT2D eigenvalue weighted by Crippen LogP contribution is 2.32. The van der Waals surface area contributed by atoms with E-state index in [1.54, 1.807) is 7.11 Å². The lowest BCUT2D eigenvalue weighted by Crippen LogP contribution is -2.41. The minimum absolute atomic E-state index is 0.266. The first kappa shape index (κ1) is 12.4. The number of benzene rings is 1. The first-order valence-electron chi connectivity index (χ1n) is 5.73. The van der Waals surface area contributed by atoms with Crippen LogP contribution < -0.4 is 9.64 Å². The van der Waals surface area contributed by atoms with Crippen molar-refractivity contribution in [2.24, 2.45) is 0 Å². The summed E-state index contributed by atoms with van der Waals surface area (Å²) in [5.41, 5.74) is 1.12. The van der Waals surface area contributed by atoms with Crippen molar-refractivity contribution >= 4 is 27.4 Å². The van der Waals surface area contributed by atoms with Gasteiger partial charge in [-0.1, -0.05) is 0 Å². The van der Waals surface area contributed by atoms with Crippen molar-refractivity contribution < 1.29 is 9.53 Å². The molecule has 92 valence electrons. The molecule has 1 saturated heterocycles. The highest BCUT2D eigenvalue weighted by Gasteiger charge is 2.24. The van der Waals surface area contributed by atoms with E-state index in [0.29, 0.717) is 18.6 Å². The number of piperidine rings is 1. The number of anilines is 1. The van der Waals surface area contributed by atoms with Crippen LogP contribution in [0.5, 0.6) is 5.75 Å². The predicted octanol–water partition coefficient (Wildman–Crippen LogP) is 3.02. The fraction of sp³-hybridized carbons (Fsp3) is 0.462. The average Bonchev–Trinajstić information content (AvgIpc) is 2.30. The molecule has 1 aliphatic rings. The first-order chi connectivity index (χ1) is 8.11. The molecule has 4 heteroatoms. The molecule has 2 rings (SSSR count). The number of nitrogens with zero attached hydrogens (tertiary/aromatic N) is 1. The molecular weight excluding hydrogens is 282 g/mol. The van der Waals surface area contributed by atoms with E-state index < -0.39 is 0 Å². The number of rotatable bonds is 2. The van der Waals surface area contributed by atoms with Crippen LogP contribution in [0.2, 0.25) is 0 Å². The number of carbonyl (C=O) groups is 1. The van der Waals surface area contributed by atoms with E-state index >= 15 is 0 Å². The molecular formula is C13H16BrNO2. The summed E-state index contributed by atoms with van der Waals surface area (Å²) in [4.78, 5) is 13.6. The molecule has 1 aromatic carbocycles. The van der Waals surface area contributed by atoms with Gasteiger partial charge in [-0.3, -0.25) is 4.79 Å². The van der Waals surface area contributed by atoms with Crippen molar-refractivity contribution in [1.29, 1.82) is 0 Å². The van der Waals surface area contributed by atoms with Crippen LogP contribution in [0.1, 0.15) is 19.8 Å². The molecule has 1 unspecified atom stereocenters. The lowest BCUT2D eigenvalue weighted by molar-refractivity contribution is -0.120. The van der Waals surface area contributed by atoms with Crippen LogP contribution in [-0.2, 0) is 4.79 Å². The van der Waals surface area contributed by atoms with Crippen LogP contribution in [0.25, 0.3) is 0 Å². The molecule has 0 aromatic heterocycles. The first-order valence-corrected chi connectivity index (χ1v) is 6.53. The maximum absolute atomic E-state index is 11.4. The van der Waals surface area contributed by atoms with Gasteiger partial charge in [0.1, 0.15) is 11.5 Å². The minimum Gasteiger partial charge on any atom is -0.495 e. The molecule has 0 radical (unpaired) electrons. The number of hydrogen-bond acceptors (Lipinski definition) is 3. The third-order valence-electron chi connectivity index (χ3n) is 3.15. The second-order valence-electron chi connectivity index (χ2n) is 4.35. The molecule has 0 saturated carbocycles. The van der Waals surface area contributed by atoms with Crippen LogP contribution in [0.3, 0.4) is 0 Å². The van der Waals surface area contributed by atoms with Crippen molar-refractivity contribution in [1.82, 2.24) is 0 Å². The normalized spacial score (nSPS) is 20.5. The van der Waals surface area contributed by atoms with E-state index in [1.807, 2.05) is 12.1 Å². The highest BCUT2D eigenvalue weighted by molar-refractivity contribution is 9.10. The van der Waals surface area contributed by atoms with Gasteiger partial charge in [0.25, 0.3) is 0 Å². The fourth-order valence-corrected chi connectivity index (χ4v) is 2.63. The molecule has 0 N–H and O–H groups in total. The van der Waals surface area contributed by atoms with Gasteiger partial charge >= 0.3 is 0 Å². The van der Waals surface area contributed by atoms with E-state index in [2.05, 4.69) is 33.8 Å². The Labute approximate surface area is 110 Å². The Kier molecular flexibility index (Phi) is 3.72. The van der Waals surface area contributed by atoms with Crippen LogP contribution in [0.15, 0.2) is 22.7 Å². The number of ketones is 1. The summed E-state index contributed by atoms with van der Waals surface area (Å²) in [6.45, 7) is 2.89. The van der Waals surface area contributed by atoms with Gasteiger partial charge in [-0.15, -0.1) is 0 Å². The Morgan fingerprint density at radius 3 is 2.88 bits per heavy atom. The Morgan fingerprint density at radius 2 is 2.24 bits per heavy atom. The molecule has 17 heavy (non-hydrogen) atoms. The number of ether oxygens (including phenoxy) is 1. The van der Waals surface area contributed by atoms with Crippen molar-refractivity contribution in [3.05, 3.63) is 22.7 Å². The van der Waals surface area contributed by atoms with E-state index in [9.17, 15) is 4.79 Å². The van der Waals surface area contributed by atoms with Gasteiger partial charge in [-0.25, -0.2) is 0 Å². The molecule has 3 nitrogen and oxygen atoms in total. The summed E-state index contributed by atoms with van der Waals surface area (Å²) in [6.07, 6.45) is 1.28. The topological polar surface area (TPSA) is 29.5 Å². The van der Waals surface area contributed by atoms with Crippen LogP contribution in [0, 0.1) is 0 Å². The summed E-state index contributed by atoms with van der Waals surface area (Å²) in [5.74, 6) is 1.18. The van der Waals surface area contributed by atoms with Gasteiger partial charge in [0.2, 0.25) is 0 Å². The van der Waals surface area contributed by atoms with Crippen LogP contribution in [0.4, 0.5) is 5.69 Å². The number of hydrogen-bond donors (Lipinski definition) is 0. The maximum Gasteiger partial charge on any atom is 0.136 e. The maximum atomic E-state index is 11.4. The zero-order valence-electron chi connectivity index (χ0n) is 10.1. The Hall–Kier alpha value is -1.03. The second-order valence-corrected chi connectivity index (χ2v) is 5.21. The fourth-order valence-electron chi connectivity index (χ4n) is 2.22. The van der Waals surface area contributed by atoms with Gasteiger partial charge in [0.05, 0.1) is 11.6 Å². The monoisotopic (exact) mass is 297 g/mol. The average molecular weight is 298 g/mol. The summed E-state index contributed by atoms with van der Waals surface area (Å²) in [7, 11) is 1.66. The molecule has 1 atom stereocenters. The van der Waals surface area contributed by atoms with Crippen molar-refractivity contribution in [3.63, 3.8) is 0 Å². The lowest BCUT2D eigenvalue weighted by atomic mass is 10.0. The highest BCUT2D eigenvalue weighted by atomic mass is 79.9. The molecule has 1 fully saturated rings. The molecule has 0 amide bonds. The molecule has 0 aliphatic carbocycles. The van der Waals surface area contributed by atoms with E-state index in [1.165, 1.54) is 0 Å². The third kappa shape index (κ3) is 2.63. The SMILES string of the molecule is COc1cc(N2CCC(=O)CC2C)ccc1Br. The number of halogens is 1. The molecule has 1 aromatic rings. The minimum atomic E-state index is 0.266. The predicted molar refractivity (Wildman–Crippen MR) is 71.7 cm³/mol. The number of methoxy groups -OCH3 is 1. The Morgan fingerprint density at radius 1 is 1.47 bits per heavy atom. The smallest absolute Gasteiger partial charge is 0.136 e. The standard InChI is InChI=1S/C13H16BrNO2/c1-9-7-11(16)5-6-15(9)10-3-4-12(14)13(8-10)17-2/h3-4,8-9H,5-7H2,1-2H3. The molecule has 1 heterocycles. The summed E-state index contributed by atoms with van der Waals surface area (Å²) in [6, 6.07) is 6.31. The van der Waals surface area contributed by atoms with Crippen molar-refractivity contribution in [2.45, 2.75) is 25.8 Å². The van der Waals surface area contributed by atoms with Gasteiger partial charge < -0.3 is 9.64 Å². The van der Waals surface area contributed by atoms with Crippen molar-refractivity contribution in [3.8, 4) is 5.75 Å². The third-order valence-corrected chi connectivity index (χ3v) is 3.81. The van der Waals surface area contributed by atoms with Crippen LogP contribution >= 0.6 is 15.9 Å². The van der Waals surface area contributed by atoms with Gasteiger partial charge in [0.15, 0.2) is 0 Å². The quantitative estimate of drug-likeness (QED) is 0.840. The zero-order chi connectivity index (χ0) is 12.4. The molecule has 0 spiro atoms. The lowest BCUT2D eigenvalue weighted by Gasteiger charge is -2.34. The van der Waals surface area contributed by atoms with E-state index in [0.717, 1.165) is 22.5 Å². The Balaban J connectivity index is 2.24. The van der Waals surface area contributed by atoms with E-state index in [4.69, 9.17) is 4.74 Å². The van der Waals surface area contributed by atoms with Gasteiger partial charge in [0, 0.05) is 37.2 Å². The molecule has 1 aliphatic heterocycles. The van der Waals surface area contributed by atoms with Crippen LogP contribution in [-0.4, -0.2) is 25.5 Å². The summed E-state index contributed by atoms with van der Waals surface area (Å²) in [5, 5.41) is 0. The Bertz CT molecular complexity index is 433. The summed E-state index contributed by atoms with van der Waals surface area (Å²) < 4.78 is 6.24. The zero-order valence-corrected chi connectivity index (χ0v) is 11.7. The number of Topliss-reactive ketones (excluding diaryl/α,β-unsaturated/α-hetero) is 1. The van der Waals surface area contributed by atoms with Crippen molar-refractivity contribution in [2.75, 3.05) is 18.6 Å². The van der Waals surface area contributed by atoms with Gasteiger partial charge in [-0.2, -0.15) is 0 Å². The van der Waals surface area contributed by atoms with Gasteiger partial charge in [-0.05, 0) is 35.0 Å². The largest absolute Gasteiger partial charge is 0.495 e. The number of carbonyl (C=O) groups excluding carboxylic acids is 1.